The van der Waals surface area contributed by atoms with Crippen LogP contribution in [0.5, 0.6) is 0 Å². The van der Waals surface area contributed by atoms with E-state index in [2.05, 4.69) is 10.4 Å². The van der Waals surface area contributed by atoms with Crippen LogP contribution in [0.3, 0.4) is 0 Å². The van der Waals surface area contributed by atoms with Crippen LogP contribution in [0.2, 0.25) is 0 Å². The molecular formula is C18H16N4O3. The Morgan fingerprint density at radius 3 is 2.60 bits per heavy atom. The number of aromatic nitrogens is 2. The summed E-state index contributed by atoms with van der Waals surface area (Å²) in [5.74, 6) is -0.325. The maximum Gasteiger partial charge on any atom is 0.273 e. The molecule has 0 atom stereocenters. The largest absolute Gasteiger partial charge is 0.323 e. The van der Waals surface area contributed by atoms with Crippen LogP contribution >= 0.6 is 0 Å². The Labute approximate surface area is 144 Å². The third-order valence-electron chi connectivity index (χ3n) is 3.64. The first kappa shape index (κ1) is 16.4. The number of anilines is 1. The van der Waals surface area contributed by atoms with Crippen molar-refractivity contribution in [2.75, 3.05) is 5.32 Å². The molecule has 0 spiro atoms. The van der Waals surface area contributed by atoms with E-state index < -0.39 is 4.92 Å². The van der Waals surface area contributed by atoms with E-state index in [0.29, 0.717) is 17.8 Å². The first-order chi connectivity index (χ1) is 12.1. The van der Waals surface area contributed by atoms with Crippen LogP contribution in [-0.4, -0.2) is 20.6 Å². The summed E-state index contributed by atoms with van der Waals surface area (Å²) in [4.78, 5) is 22.7. The zero-order valence-corrected chi connectivity index (χ0v) is 13.3. The number of nitro benzene ring substituents is 1. The van der Waals surface area contributed by atoms with Crippen molar-refractivity contribution in [2.45, 2.75) is 13.0 Å². The number of nitrogens with one attached hydrogen (secondary N) is 1. The lowest BCUT2D eigenvalue weighted by molar-refractivity contribution is -0.385. The van der Waals surface area contributed by atoms with Crippen molar-refractivity contribution in [3.63, 3.8) is 0 Å². The van der Waals surface area contributed by atoms with Crippen LogP contribution < -0.4 is 5.32 Å². The lowest BCUT2D eigenvalue weighted by Crippen LogP contribution is -2.14. The molecule has 1 aromatic heterocycles. The van der Waals surface area contributed by atoms with Gasteiger partial charge in [0, 0.05) is 17.8 Å². The summed E-state index contributed by atoms with van der Waals surface area (Å²) in [6.07, 6.45) is 3.21. The van der Waals surface area contributed by atoms with Gasteiger partial charge in [-0.05, 0) is 5.56 Å². The number of amides is 1. The van der Waals surface area contributed by atoms with E-state index in [0.717, 1.165) is 5.56 Å². The molecule has 0 saturated carbocycles. The van der Waals surface area contributed by atoms with E-state index in [1.165, 1.54) is 6.07 Å². The van der Waals surface area contributed by atoms with Gasteiger partial charge in [-0.25, -0.2) is 0 Å². The Morgan fingerprint density at radius 2 is 1.84 bits per heavy atom. The monoisotopic (exact) mass is 336 g/mol. The van der Waals surface area contributed by atoms with Crippen molar-refractivity contribution in [1.82, 2.24) is 9.78 Å². The molecule has 1 N–H and O–H groups in total. The molecule has 3 aromatic rings. The molecular weight excluding hydrogens is 320 g/mol. The van der Waals surface area contributed by atoms with Gasteiger partial charge in [0.25, 0.3) is 5.69 Å². The topological polar surface area (TPSA) is 90.1 Å². The first-order valence-electron chi connectivity index (χ1n) is 7.70. The van der Waals surface area contributed by atoms with Crippen LogP contribution in [0.25, 0.3) is 0 Å². The standard InChI is InChI=1S/C18H16N4O3/c23-18(10-15-8-4-5-9-17(15)22(24)25)20-16-11-19-21(13-16)12-14-6-2-1-3-7-14/h1-9,11,13H,10,12H2,(H,20,23). The zero-order valence-electron chi connectivity index (χ0n) is 13.3. The number of rotatable bonds is 6. The van der Waals surface area contributed by atoms with Gasteiger partial charge in [0.1, 0.15) is 0 Å². The second-order valence-electron chi connectivity index (χ2n) is 5.52. The van der Waals surface area contributed by atoms with E-state index in [-0.39, 0.29) is 18.0 Å². The number of benzene rings is 2. The second-order valence-corrected chi connectivity index (χ2v) is 5.52. The molecule has 7 heteroatoms. The number of carbonyl (C=O) groups is 1. The molecule has 25 heavy (non-hydrogen) atoms. The van der Waals surface area contributed by atoms with Gasteiger partial charge < -0.3 is 5.32 Å². The average molecular weight is 336 g/mol. The minimum Gasteiger partial charge on any atom is -0.323 e. The quantitative estimate of drug-likeness (QED) is 0.553. The van der Waals surface area contributed by atoms with Crippen molar-refractivity contribution >= 4 is 17.3 Å². The first-order valence-corrected chi connectivity index (χ1v) is 7.70. The van der Waals surface area contributed by atoms with Crippen LogP contribution in [0.15, 0.2) is 67.0 Å². The SMILES string of the molecule is O=C(Cc1ccccc1[N+](=O)[O-])Nc1cnn(Cc2ccccc2)c1. The summed E-state index contributed by atoms with van der Waals surface area (Å²) in [6.45, 7) is 0.598. The fraction of sp³-hybridized carbons (Fsp3) is 0.111. The van der Waals surface area contributed by atoms with E-state index in [1.54, 1.807) is 35.3 Å². The van der Waals surface area contributed by atoms with E-state index >= 15 is 0 Å². The third-order valence-corrected chi connectivity index (χ3v) is 3.64. The number of hydrogen-bond acceptors (Lipinski definition) is 4. The Balaban J connectivity index is 1.63. The average Bonchev–Trinajstić information content (AvgIpc) is 3.02. The van der Waals surface area contributed by atoms with Crippen molar-refractivity contribution < 1.29 is 9.72 Å². The molecule has 0 bridgehead atoms. The molecule has 3 rings (SSSR count). The Kier molecular flexibility index (Phi) is 4.84. The molecule has 1 amide bonds. The maximum atomic E-state index is 12.2. The highest BCUT2D eigenvalue weighted by atomic mass is 16.6. The van der Waals surface area contributed by atoms with E-state index in [9.17, 15) is 14.9 Å². The molecule has 2 aromatic carbocycles. The highest BCUT2D eigenvalue weighted by Crippen LogP contribution is 2.18. The summed E-state index contributed by atoms with van der Waals surface area (Å²) in [6, 6.07) is 16.1. The van der Waals surface area contributed by atoms with Crippen LogP contribution in [0.4, 0.5) is 11.4 Å². The molecule has 0 unspecified atom stereocenters. The van der Waals surface area contributed by atoms with Gasteiger partial charge in [0.15, 0.2) is 0 Å². The molecule has 7 nitrogen and oxygen atoms in total. The van der Waals surface area contributed by atoms with Crippen molar-refractivity contribution in [3.05, 3.63) is 88.2 Å². The van der Waals surface area contributed by atoms with E-state index in [1.807, 2.05) is 30.3 Å². The summed E-state index contributed by atoms with van der Waals surface area (Å²) >= 11 is 0. The number of nitro groups is 1. The lowest BCUT2D eigenvalue weighted by atomic mass is 10.1. The van der Waals surface area contributed by atoms with Crippen molar-refractivity contribution in [2.24, 2.45) is 0 Å². The molecule has 1 heterocycles. The van der Waals surface area contributed by atoms with Crippen LogP contribution in [0.1, 0.15) is 11.1 Å². The highest BCUT2D eigenvalue weighted by Gasteiger charge is 2.15. The second kappa shape index (κ2) is 7.39. The van der Waals surface area contributed by atoms with Crippen LogP contribution in [0, 0.1) is 10.1 Å². The lowest BCUT2D eigenvalue weighted by Gasteiger charge is -2.04. The Morgan fingerprint density at radius 1 is 1.12 bits per heavy atom. The van der Waals surface area contributed by atoms with Gasteiger partial charge in [-0.15, -0.1) is 0 Å². The van der Waals surface area contributed by atoms with Crippen molar-refractivity contribution in [3.8, 4) is 0 Å². The summed E-state index contributed by atoms with van der Waals surface area (Å²) in [5.41, 5.74) is 1.97. The molecule has 0 aliphatic carbocycles. The third kappa shape index (κ3) is 4.29. The zero-order chi connectivity index (χ0) is 17.6. The summed E-state index contributed by atoms with van der Waals surface area (Å²) < 4.78 is 1.72. The molecule has 0 radical (unpaired) electrons. The number of carbonyl (C=O) groups excluding carboxylic acids is 1. The number of hydrogen-bond donors (Lipinski definition) is 1. The molecule has 126 valence electrons. The maximum absolute atomic E-state index is 12.2. The van der Waals surface area contributed by atoms with Gasteiger partial charge in [0.2, 0.25) is 5.91 Å². The van der Waals surface area contributed by atoms with E-state index in [4.69, 9.17) is 0 Å². The van der Waals surface area contributed by atoms with Crippen LogP contribution in [-0.2, 0) is 17.8 Å². The smallest absolute Gasteiger partial charge is 0.273 e. The van der Waals surface area contributed by atoms with Gasteiger partial charge in [-0.3, -0.25) is 19.6 Å². The minimum atomic E-state index is -0.486. The van der Waals surface area contributed by atoms with Gasteiger partial charge in [-0.1, -0.05) is 48.5 Å². The Bertz CT molecular complexity index is 890. The number of nitrogens with zero attached hydrogens (tertiary/aromatic N) is 3. The molecule has 0 fully saturated rings. The number of para-hydroxylation sites is 1. The Hall–Kier alpha value is -3.48. The molecule has 0 saturated heterocycles. The predicted octanol–water partition coefficient (Wildman–Crippen LogP) is 3.02. The van der Waals surface area contributed by atoms with Gasteiger partial charge >= 0.3 is 0 Å². The molecule has 0 aliphatic heterocycles. The minimum absolute atomic E-state index is 0.0579. The fourth-order valence-corrected chi connectivity index (χ4v) is 2.50. The van der Waals surface area contributed by atoms with Gasteiger partial charge in [0.05, 0.1) is 29.8 Å². The summed E-state index contributed by atoms with van der Waals surface area (Å²) in [7, 11) is 0. The predicted molar refractivity (Wildman–Crippen MR) is 93.2 cm³/mol. The molecule has 0 aliphatic rings. The fourth-order valence-electron chi connectivity index (χ4n) is 2.50. The van der Waals surface area contributed by atoms with Gasteiger partial charge in [-0.2, -0.15) is 5.10 Å². The normalized spacial score (nSPS) is 10.4. The summed E-state index contributed by atoms with van der Waals surface area (Å²) in [5, 5.41) is 17.9. The van der Waals surface area contributed by atoms with Crippen molar-refractivity contribution in [1.29, 1.82) is 0 Å². The highest BCUT2D eigenvalue weighted by molar-refractivity contribution is 5.92.